The van der Waals surface area contributed by atoms with Gasteiger partial charge in [-0.1, -0.05) is 93.6 Å². The van der Waals surface area contributed by atoms with Gasteiger partial charge in [0, 0.05) is 0 Å². The van der Waals surface area contributed by atoms with Crippen LogP contribution >= 0.6 is 0 Å². The van der Waals surface area contributed by atoms with E-state index in [0.717, 1.165) is 10.4 Å². The molecule has 0 unspecified atom stereocenters. The molecule has 3 N–H and O–H groups in total. The molecule has 0 fully saturated rings. The number of carbonyl (C=O) groups is 1. The molecule has 29 heavy (non-hydrogen) atoms. The molecule has 0 aromatic heterocycles. The van der Waals surface area contributed by atoms with Gasteiger partial charge in [0.05, 0.1) is 19.3 Å². The third kappa shape index (κ3) is 5.79. The summed E-state index contributed by atoms with van der Waals surface area (Å²) in [5, 5.41) is 22.9. The molecule has 0 spiro atoms. The number of hydrogen-bond donors (Lipinski definition) is 3. The van der Waals surface area contributed by atoms with Gasteiger partial charge in [0.15, 0.2) is 0 Å². The molecule has 5 nitrogen and oxygen atoms in total. The fourth-order valence-electron chi connectivity index (χ4n) is 3.67. The van der Waals surface area contributed by atoms with E-state index in [1.54, 1.807) is 12.2 Å². The van der Waals surface area contributed by atoms with Crippen molar-refractivity contribution in [1.82, 2.24) is 5.32 Å². The van der Waals surface area contributed by atoms with Crippen molar-refractivity contribution in [1.29, 1.82) is 0 Å². The summed E-state index contributed by atoms with van der Waals surface area (Å²) in [5.74, 6) is 0. The summed E-state index contributed by atoms with van der Waals surface area (Å²) in [4.78, 5) is 11.3. The molecule has 0 saturated heterocycles. The highest BCUT2D eigenvalue weighted by Crippen LogP contribution is 2.36. The van der Waals surface area contributed by atoms with Crippen LogP contribution in [0.25, 0.3) is 0 Å². The third-order valence-electron chi connectivity index (χ3n) is 4.94. The normalized spacial score (nSPS) is 13.4. The van der Waals surface area contributed by atoms with Gasteiger partial charge in [0.1, 0.15) is 0 Å². The van der Waals surface area contributed by atoms with E-state index in [-0.39, 0.29) is 18.3 Å². The van der Waals surface area contributed by atoms with Crippen molar-refractivity contribution in [3.05, 3.63) is 72.8 Å². The summed E-state index contributed by atoms with van der Waals surface area (Å²) in [6.07, 6.45) is 2.75. The molecule has 0 aliphatic heterocycles. The summed E-state index contributed by atoms with van der Waals surface area (Å²) in [5.41, 5.74) is 0. The molecule has 2 aromatic carbocycles. The van der Waals surface area contributed by atoms with Crippen LogP contribution < -0.4 is 15.7 Å². The number of amides is 1. The quantitative estimate of drug-likeness (QED) is 0.436. The standard InChI is InChI=1S/C23H31NO4Si/c1-23(2,3)29(20-13-6-4-7-14-20,21-15-8-5-9-16-21)28-18-19(24-22(26)27)12-10-11-17-25/h4-11,13-16,19,24-25H,12,17-18H2,1-3H3,(H,26,27)/t19-/m0/s1. The lowest BCUT2D eigenvalue weighted by Gasteiger charge is -2.43. The Morgan fingerprint density at radius 1 is 1.03 bits per heavy atom. The van der Waals surface area contributed by atoms with Crippen LogP contribution in [0.2, 0.25) is 5.04 Å². The molecule has 2 aromatic rings. The molecule has 0 aliphatic carbocycles. The van der Waals surface area contributed by atoms with Crippen LogP contribution in [-0.2, 0) is 4.43 Å². The Bertz CT molecular complexity index is 748. The second-order valence-electron chi connectivity index (χ2n) is 8.01. The molecule has 0 saturated carbocycles. The first kappa shape index (κ1) is 22.9. The molecular formula is C23H31NO4Si. The first-order valence-electron chi connectivity index (χ1n) is 9.81. The minimum absolute atomic E-state index is 0.0740. The summed E-state index contributed by atoms with van der Waals surface area (Å²) in [6.45, 7) is 6.73. The Morgan fingerprint density at radius 2 is 1.55 bits per heavy atom. The molecule has 0 aliphatic rings. The molecule has 2 rings (SSSR count). The topological polar surface area (TPSA) is 78.8 Å². The zero-order valence-corrected chi connectivity index (χ0v) is 18.3. The molecule has 0 heterocycles. The molecular weight excluding hydrogens is 382 g/mol. The Kier molecular flexibility index (Phi) is 8.19. The van der Waals surface area contributed by atoms with E-state index in [9.17, 15) is 9.90 Å². The third-order valence-corrected chi connectivity index (χ3v) is 9.94. The molecule has 1 atom stereocenters. The zero-order chi connectivity index (χ0) is 21.3. The lowest BCUT2D eigenvalue weighted by molar-refractivity contribution is 0.179. The maximum absolute atomic E-state index is 11.3. The minimum Gasteiger partial charge on any atom is -0.465 e. The Hall–Kier alpha value is -2.41. The molecule has 1 amide bonds. The Balaban J connectivity index is 2.46. The van der Waals surface area contributed by atoms with Crippen molar-refractivity contribution in [3.8, 4) is 0 Å². The maximum Gasteiger partial charge on any atom is 0.404 e. The van der Waals surface area contributed by atoms with Gasteiger partial charge in [-0.25, -0.2) is 4.79 Å². The number of nitrogens with one attached hydrogen (secondary N) is 1. The van der Waals surface area contributed by atoms with Crippen molar-refractivity contribution in [3.63, 3.8) is 0 Å². The lowest BCUT2D eigenvalue weighted by atomic mass is 10.2. The average Bonchev–Trinajstić information content (AvgIpc) is 2.68. The van der Waals surface area contributed by atoms with Gasteiger partial charge in [0.2, 0.25) is 0 Å². The van der Waals surface area contributed by atoms with Crippen molar-refractivity contribution >= 4 is 24.8 Å². The van der Waals surface area contributed by atoms with E-state index in [4.69, 9.17) is 9.53 Å². The van der Waals surface area contributed by atoms with Crippen molar-refractivity contribution in [2.24, 2.45) is 0 Å². The second-order valence-corrected chi connectivity index (χ2v) is 12.3. The number of hydrogen-bond acceptors (Lipinski definition) is 3. The minimum atomic E-state index is -2.72. The van der Waals surface area contributed by atoms with Gasteiger partial charge in [-0.05, 0) is 21.8 Å². The van der Waals surface area contributed by atoms with E-state index in [2.05, 4.69) is 50.4 Å². The fraction of sp³-hybridized carbons (Fsp3) is 0.348. The SMILES string of the molecule is CC(C)(C)[Si](OC[C@H](CC=CCO)NC(=O)O)(c1ccccc1)c1ccccc1. The molecule has 6 heteroatoms. The first-order valence-corrected chi connectivity index (χ1v) is 11.7. The number of aliphatic hydroxyl groups is 1. The largest absolute Gasteiger partial charge is 0.465 e. The van der Waals surface area contributed by atoms with E-state index >= 15 is 0 Å². The summed E-state index contributed by atoms with van der Waals surface area (Å²) in [6, 6.07) is 20.1. The van der Waals surface area contributed by atoms with Crippen LogP contribution in [0.1, 0.15) is 27.2 Å². The van der Waals surface area contributed by atoms with Crippen molar-refractivity contribution in [2.75, 3.05) is 13.2 Å². The molecule has 156 valence electrons. The van der Waals surface area contributed by atoms with Gasteiger partial charge in [-0.2, -0.15) is 0 Å². The predicted octanol–water partition coefficient (Wildman–Crippen LogP) is 3.14. The number of aliphatic hydroxyl groups excluding tert-OH is 1. The Labute approximate surface area is 174 Å². The molecule has 0 bridgehead atoms. The number of rotatable bonds is 9. The van der Waals surface area contributed by atoms with Gasteiger partial charge in [-0.15, -0.1) is 0 Å². The number of benzene rings is 2. The highest BCUT2D eigenvalue weighted by molar-refractivity contribution is 6.99. The number of carboxylic acid groups (broad SMARTS) is 1. The lowest BCUT2D eigenvalue weighted by Crippen LogP contribution is -2.67. The van der Waals surface area contributed by atoms with E-state index in [1.165, 1.54) is 0 Å². The summed E-state index contributed by atoms with van der Waals surface area (Å²) in [7, 11) is -2.72. The smallest absolute Gasteiger partial charge is 0.404 e. The van der Waals surface area contributed by atoms with Gasteiger partial charge < -0.3 is 20.0 Å². The van der Waals surface area contributed by atoms with Crippen molar-refractivity contribution in [2.45, 2.75) is 38.3 Å². The zero-order valence-electron chi connectivity index (χ0n) is 17.3. The van der Waals surface area contributed by atoms with E-state index in [1.807, 2.05) is 36.4 Å². The van der Waals surface area contributed by atoms with Gasteiger partial charge in [0.25, 0.3) is 8.32 Å². The fourth-order valence-corrected chi connectivity index (χ4v) is 8.27. The maximum atomic E-state index is 11.3. The van der Waals surface area contributed by atoms with Gasteiger partial charge in [-0.3, -0.25) is 0 Å². The van der Waals surface area contributed by atoms with Gasteiger partial charge >= 0.3 is 6.09 Å². The monoisotopic (exact) mass is 413 g/mol. The van der Waals surface area contributed by atoms with Crippen LogP contribution in [0.4, 0.5) is 4.79 Å². The first-order chi connectivity index (χ1) is 13.8. The van der Waals surface area contributed by atoms with Crippen LogP contribution in [0.5, 0.6) is 0 Å². The average molecular weight is 414 g/mol. The highest BCUT2D eigenvalue weighted by atomic mass is 28.4. The second kappa shape index (κ2) is 10.4. The Morgan fingerprint density at radius 3 is 1.97 bits per heavy atom. The van der Waals surface area contributed by atoms with Crippen molar-refractivity contribution < 1.29 is 19.4 Å². The van der Waals surface area contributed by atoms with E-state index < -0.39 is 20.5 Å². The summed E-state index contributed by atoms with van der Waals surface area (Å²) >= 11 is 0. The van der Waals surface area contributed by atoms with Crippen LogP contribution in [0.3, 0.4) is 0 Å². The molecule has 0 radical (unpaired) electrons. The highest BCUT2D eigenvalue weighted by Gasteiger charge is 2.50. The summed E-state index contributed by atoms with van der Waals surface area (Å²) < 4.78 is 6.78. The van der Waals surface area contributed by atoms with E-state index in [0.29, 0.717) is 6.42 Å². The van der Waals surface area contributed by atoms with Crippen LogP contribution in [-0.4, -0.2) is 43.9 Å². The predicted molar refractivity (Wildman–Crippen MR) is 119 cm³/mol. The van der Waals surface area contributed by atoms with Crippen LogP contribution in [0, 0.1) is 0 Å². The van der Waals surface area contributed by atoms with Crippen LogP contribution in [0.15, 0.2) is 72.8 Å².